The van der Waals surface area contributed by atoms with Crippen LogP contribution in [0.15, 0.2) is 0 Å². The van der Waals surface area contributed by atoms with Crippen molar-refractivity contribution >= 4 is 11.8 Å². The van der Waals surface area contributed by atoms with E-state index in [-0.39, 0.29) is 17.9 Å². The molecule has 5 nitrogen and oxygen atoms in total. The first kappa shape index (κ1) is 11.4. The van der Waals surface area contributed by atoms with Gasteiger partial charge in [0.05, 0.1) is 11.6 Å². The third-order valence-corrected chi connectivity index (χ3v) is 3.51. The highest BCUT2D eigenvalue weighted by Gasteiger charge is 2.37. The molecule has 2 amide bonds. The third-order valence-electron chi connectivity index (χ3n) is 3.51. The molecule has 1 saturated heterocycles. The third kappa shape index (κ3) is 2.35. The molecule has 1 unspecified atom stereocenters. The van der Waals surface area contributed by atoms with Gasteiger partial charge in [-0.3, -0.25) is 9.59 Å². The average Bonchev–Trinajstić information content (AvgIpc) is 2.65. The monoisotopic (exact) mass is 225 g/mol. The van der Waals surface area contributed by atoms with E-state index >= 15 is 0 Å². The fraction of sp³-hybridized carbons (Fsp3) is 0.818. The van der Waals surface area contributed by atoms with E-state index in [2.05, 4.69) is 10.6 Å². The second-order valence-electron chi connectivity index (χ2n) is 4.90. The Morgan fingerprint density at radius 1 is 1.38 bits per heavy atom. The first-order chi connectivity index (χ1) is 7.60. The lowest BCUT2D eigenvalue weighted by atomic mass is 9.82. The van der Waals surface area contributed by atoms with Crippen LogP contribution >= 0.6 is 0 Å². The normalized spacial score (nSPS) is 28.6. The predicted octanol–water partition coefficient (Wildman–Crippen LogP) is -0.347. The van der Waals surface area contributed by atoms with Gasteiger partial charge >= 0.3 is 0 Å². The lowest BCUT2D eigenvalue weighted by Crippen LogP contribution is -2.57. The zero-order valence-electron chi connectivity index (χ0n) is 9.42. The number of amides is 2. The molecule has 2 aliphatic rings. The van der Waals surface area contributed by atoms with Crippen molar-refractivity contribution in [3.05, 3.63) is 0 Å². The highest BCUT2D eigenvalue weighted by Crippen LogP contribution is 2.26. The Morgan fingerprint density at radius 3 is 2.62 bits per heavy atom. The number of nitrogens with two attached hydrogens (primary N) is 1. The van der Waals surface area contributed by atoms with Crippen molar-refractivity contribution in [1.29, 1.82) is 0 Å². The number of hydrogen-bond donors (Lipinski definition) is 3. The van der Waals surface area contributed by atoms with Gasteiger partial charge in [0.1, 0.15) is 0 Å². The molecule has 1 aliphatic heterocycles. The van der Waals surface area contributed by atoms with E-state index in [9.17, 15) is 9.59 Å². The van der Waals surface area contributed by atoms with Gasteiger partial charge in [-0.1, -0.05) is 19.3 Å². The summed E-state index contributed by atoms with van der Waals surface area (Å²) in [6, 6.07) is -0.0812. The summed E-state index contributed by atoms with van der Waals surface area (Å²) in [6.45, 7) is 0.528. The summed E-state index contributed by atoms with van der Waals surface area (Å²) in [5, 5.41) is 5.57. The molecule has 16 heavy (non-hydrogen) atoms. The van der Waals surface area contributed by atoms with Gasteiger partial charge in [0.25, 0.3) is 0 Å². The first-order valence-electron chi connectivity index (χ1n) is 5.97. The Balaban J connectivity index is 1.89. The zero-order chi connectivity index (χ0) is 11.6. The van der Waals surface area contributed by atoms with Crippen LogP contribution in [-0.2, 0) is 9.59 Å². The lowest BCUT2D eigenvalue weighted by Gasteiger charge is -2.32. The molecule has 0 aromatic carbocycles. The summed E-state index contributed by atoms with van der Waals surface area (Å²) in [6.07, 6.45) is 5.09. The van der Waals surface area contributed by atoms with E-state index in [1.165, 1.54) is 0 Å². The molecular weight excluding hydrogens is 206 g/mol. The first-order valence-corrected chi connectivity index (χ1v) is 5.97. The minimum absolute atomic E-state index is 0.0000144. The smallest absolute Gasteiger partial charge is 0.240 e. The van der Waals surface area contributed by atoms with Crippen molar-refractivity contribution < 1.29 is 9.59 Å². The molecule has 2 fully saturated rings. The van der Waals surface area contributed by atoms with Crippen molar-refractivity contribution in [2.24, 2.45) is 5.73 Å². The number of carbonyl (C=O) groups is 2. The lowest BCUT2D eigenvalue weighted by molar-refractivity contribution is -0.128. The molecule has 5 heteroatoms. The summed E-state index contributed by atoms with van der Waals surface area (Å²) >= 11 is 0. The molecule has 0 spiro atoms. The van der Waals surface area contributed by atoms with Gasteiger partial charge in [-0.05, 0) is 12.8 Å². The van der Waals surface area contributed by atoms with Crippen molar-refractivity contribution in [3.63, 3.8) is 0 Å². The Bertz CT molecular complexity index is 298. The Hall–Kier alpha value is -1.10. The van der Waals surface area contributed by atoms with E-state index in [0.29, 0.717) is 13.0 Å². The molecule has 1 saturated carbocycles. The largest absolute Gasteiger partial charge is 0.354 e. The second-order valence-corrected chi connectivity index (χ2v) is 4.90. The van der Waals surface area contributed by atoms with Gasteiger partial charge in [-0.25, -0.2) is 0 Å². The maximum atomic E-state index is 12.0. The Morgan fingerprint density at radius 2 is 2.06 bits per heavy atom. The van der Waals surface area contributed by atoms with E-state index < -0.39 is 5.54 Å². The van der Waals surface area contributed by atoms with Crippen molar-refractivity contribution in [2.45, 2.75) is 50.1 Å². The minimum atomic E-state index is -0.704. The molecule has 0 aromatic rings. The van der Waals surface area contributed by atoms with Crippen LogP contribution in [0.25, 0.3) is 0 Å². The topological polar surface area (TPSA) is 84.2 Å². The van der Waals surface area contributed by atoms with Gasteiger partial charge in [-0.2, -0.15) is 0 Å². The fourth-order valence-corrected chi connectivity index (χ4v) is 2.45. The van der Waals surface area contributed by atoms with E-state index in [1.54, 1.807) is 0 Å². The summed E-state index contributed by atoms with van der Waals surface area (Å²) < 4.78 is 0. The summed E-state index contributed by atoms with van der Waals surface area (Å²) in [5.41, 5.74) is 5.39. The highest BCUT2D eigenvalue weighted by atomic mass is 16.2. The van der Waals surface area contributed by atoms with Crippen molar-refractivity contribution in [3.8, 4) is 0 Å². The molecular formula is C11H19N3O2. The van der Waals surface area contributed by atoms with Crippen LogP contribution in [0, 0.1) is 0 Å². The van der Waals surface area contributed by atoms with Crippen LogP contribution < -0.4 is 16.4 Å². The van der Waals surface area contributed by atoms with Crippen molar-refractivity contribution in [1.82, 2.24) is 10.6 Å². The molecule has 2 rings (SSSR count). The molecule has 1 atom stereocenters. The predicted molar refractivity (Wildman–Crippen MR) is 59.6 cm³/mol. The Kier molecular flexibility index (Phi) is 3.14. The number of carbonyl (C=O) groups excluding carboxylic acids is 2. The Labute approximate surface area is 95.1 Å². The molecule has 0 aromatic heterocycles. The van der Waals surface area contributed by atoms with Crippen LogP contribution in [0.1, 0.15) is 38.5 Å². The summed E-state index contributed by atoms with van der Waals surface area (Å²) in [4.78, 5) is 23.0. The maximum absolute atomic E-state index is 12.0. The van der Waals surface area contributed by atoms with Gasteiger partial charge in [0, 0.05) is 13.0 Å². The van der Waals surface area contributed by atoms with Crippen LogP contribution in [0.5, 0.6) is 0 Å². The SMILES string of the molecule is NC1(C(=O)NC2CNC(=O)C2)CCCCC1. The van der Waals surface area contributed by atoms with E-state index in [4.69, 9.17) is 5.73 Å². The molecule has 4 N–H and O–H groups in total. The molecule has 1 heterocycles. The number of hydrogen-bond acceptors (Lipinski definition) is 3. The van der Waals surface area contributed by atoms with Crippen LogP contribution in [0.2, 0.25) is 0 Å². The standard InChI is InChI=1S/C11H19N3O2/c12-11(4-2-1-3-5-11)10(16)14-8-6-9(15)13-7-8/h8H,1-7,12H2,(H,13,15)(H,14,16). The van der Waals surface area contributed by atoms with E-state index in [1.807, 2.05) is 0 Å². The zero-order valence-corrected chi connectivity index (χ0v) is 9.42. The summed E-state index contributed by atoms with van der Waals surface area (Å²) in [5.74, 6) is -0.0892. The number of rotatable bonds is 2. The van der Waals surface area contributed by atoms with Crippen LogP contribution in [0.3, 0.4) is 0 Å². The van der Waals surface area contributed by atoms with Gasteiger partial charge in [0.15, 0.2) is 0 Å². The van der Waals surface area contributed by atoms with E-state index in [0.717, 1.165) is 32.1 Å². The van der Waals surface area contributed by atoms with Crippen LogP contribution in [0.4, 0.5) is 0 Å². The molecule has 0 bridgehead atoms. The number of nitrogens with one attached hydrogen (secondary N) is 2. The quantitative estimate of drug-likeness (QED) is 0.600. The summed E-state index contributed by atoms with van der Waals surface area (Å²) in [7, 11) is 0. The fourth-order valence-electron chi connectivity index (χ4n) is 2.45. The van der Waals surface area contributed by atoms with Gasteiger partial charge in [-0.15, -0.1) is 0 Å². The van der Waals surface area contributed by atoms with Crippen molar-refractivity contribution in [2.75, 3.05) is 6.54 Å². The molecule has 0 radical (unpaired) electrons. The minimum Gasteiger partial charge on any atom is -0.354 e. The molecule has 1 aliphatic carbocycles. The maximum Gasteiger partial charge on any atom is 0.240 e. The van der Waals surface area contributed by atoms with Gasteiger partial charge in [0.2, 0.25) is 11.8 Å². The second kappa shape index (κ2) is 4.41. The average molecular weight is 225 g/mol. The van der Waals surface area contributed by atoms with Crippen LogP contribution in [-0.4, -0.2) is 29.9 Å². The highest BCUT2D eigenvalue weighted by molar-refractivity contribution is 5.88. The van der Waals surface area contributed by atoms with Gasteiger partial charge < -0.3 is 16.4 Å². The molecule has 90 valence electrons.